The average molecular weight is 279 g/mol. The van der Waals surface area contributed by atoms with Crippen LogP contribution in [0.25, 0.3) is 16.9 Å². The molecule has 0 radical (unpaired) electrons. The van der Waals surface area contributed by atoms with Gasteiger partial charge in [-0.3, -0.25) is 0 Å². The lowest BCUT2D eigenvalue weighted by Gasteiger charge is -2.16. The molecule has 0 saturated heterocycles. The van der Waals surface area contributed by atoms with Crippen molar-refractivity contribution in [2.75, 3.05) is 0 Å². The molecule has 2 aromatic heterocycles. The normalized spacial score (nSPS) is 14.3. The average Bonchev–Trinajstić information content (AvgIpc) is 2.96. The Morgan fingerprint density at radius 1 is 1.00 bits per heavy atom. The molecule has 0 fully saturated rings. The third kappa shape index (κ3) is 2.10. The summed E-state index contributed by atoms with van der Waals surface area (Å²) in [7, 11) is 0. The van der Waals surface area contributed by atoms with Crippen molar-refractivity contribution in [1.82, 2.24) is 19.8 Å². The molecule has 1 aliphatic carbocycles. The van der Waals surface area contributed by atoms with E-state index in [9.17, 15) is 0 Å². The van der Waals surface area contributed by atoms with Gasteiger partial charge in [-0.05, 0) is 55.0 Å². The zero-order valence-corrected chi connectivity index (χ0v) is 11.8. The van der Waals surface area contributed by atoms with Crippen LogP contribution in [0.2, 0.25) is 0 Å². The first-order valence-corrected chi connectivity index (χ1v) is 7.39. The van der Waals surface area contributed by atoms with Gasteiger partial charge in [-0.1, -0.05) is 12.1 Å². The monoisotopic (exact) mass is 279 g/mol. The van der Waals surface area contributed by atoms with Gasteiger partial charge in [-0.2, -0.15) is 9.61 Å². The fourth-order valence-corrected chi connectivity index (χ4v) is 3.01. The zero-order valence-electron chi connectivity index (χ0n) is 11.8. The van der Waals surface area contributed by atoms with Gasteiger partial charge < -0.3 is 5.73 Å². The lowest BCUT2D eigenvalue weighted by Crippen LogP contribution is -2.06. The van der Waals surface area contributed by atoms with Gasteiger partial charge in [0.1, 0.15) is 0 Å². The van der Waals surface area contributed by atoms with E-state index in [0.29, 0.717) is 12.4 Å². The molecule has 5 nitrogen and oxygen atoms in total. The number of hydrogen-bond acceptors (Lipinski definition) is 4. The van der Waals surface area contributed by atoms with Crippen molar-refractivity contribution < 1.29 is 0 Å². The molecule has 0 saturated carbocycles. The van der Waals surface area contributed by atoms with Gasteiger partial charge >= 0.3 is 0 Å². The SMILES string of the molecule is NCc1nnc2ccc(-c3ccc4c(c3)CCCC4)nn12. The summed E-state index contributed by atoms with van der Waals surface area (Å²) < 4.78 is 1.73. The van der Waals surface area contributed by atoms with Crippen molar-refractivity contribution in [1.29, 1.82) is 0 Å². The maximum Gasteiger partial charge on any atom is 0.177 e. The molecule has 21 heavy (non-hydrogen) atoms. The molecule has 0 unspecified atom stereocenters. The Hall–Kier alpha value is -2.27. The Labute approximate surface area is 122 Å². The molecular weight excluding hydrogens is 262 g/mol. The summed E-state index contributed by atoms with van der Waals surface area (Å²) in [6.07, 6.45) is 4.96. The number of fused-ring (bicyclic) bond motifs is 2. The van der Waals surface area contributed by atoms with E-state index >= 15 is 0 Å². The van der Waals surface area contributed by atoms with Crippen molar-refractivity contribution in [2.24, 2.45) is 5.73 Å². The molecule has 0 spiro atoms. The first-order valence-electron chi connectivity index (χ1n) is 7.39. The summed E-state index contributed by atoms with van der Waals surface area (Å²) >= 11 is 0. The molecule has 1 aromatic carbocycles. The highest BCUT2D eigenvalue weighted by Gasteiger charge is 2.12. The second kappa shape index (κ2) is 4.93. The Morgan fingerprint density at radius 3 is 2.71 bits per heavy atom. The van der Waals surface area contributed by atoms with Gasteiger partial charge in [0.05, 0.1) is 12.2 Å². The molecule has 2 heterocycles. The number of hydrogen-bond donors (Lipinski definition) is 1. The predicted molar refractivity (Wildman–Crippen MR) is 80.8 cm³/mol. The largest absolute Gasteiger partial charge is 0.324 e. The molecular formula is C16H17N5. The number of nitrogens with zero attached hydrogens (tertiary/aromatic N) is 4. The van der Waals surface area contributed by atoms with Crippen LogP contribution in [0.15, 0.2) is 30.3 Å². The van der Waals surface area contributed by atoms with Crippen molar-refractivity contribution in [3.8, 4) is 11.3 Å². The Balaban J connectivity index is 1.82. The van der Waals surface area contributed by atoms with Crippen LogP contribution in [-0.2, 0) is 19.4 Å². The van der Waals surface area contributed by atoms with E-state index in [1.807, 2.05) is 12.1 Å². The third-order valence-electron chi connectivity index (χ3n) is 4.15. The van der Waals surface area contributed by atoms with Crippen molar-refractivity contribution >= 4 is 5.65 Å². The predicted octanol–water partition coefficient (Wildman–Crippen LogP) is 2.13. The molecule has 4 rings (SSSR count). The van der Waals surface area contributed by atoms with Gasteiger partial charge in [0, 0.05) is 5.56 Å². The minimum Gasteiger partial charge on any atom is -0.324 e. The maximum atomic E-state index is 5.68. The van der Waals surface area contributed by atoms with E-state index in [0.717, 1.165) is 16.9 Å². The number of nitrogens with two attached hydrogens (primary N) is 1. The first kappa shape index (κ1) is 12.5. The Kier molecular flexibility index (Phi) is 2.93. The summed E-state index contributed by atoms with van der Waals surface area (Å²) in [6, 6.07) is 10.6. The second-order valence-corrected chi connectivity index (χ2v) is 5.50. The first-order chi connectivity index (χ1) is 10.3. The van der Waals surface area contributed by atoms with Crippen molar-refractivity contribution in [3.63, 3.8) is 0 Å². The van der Waals surface area contributed by atoms with Crippen molar-refractivity contribution in [2.45, 2.75) is 32.2 Å². The van der Waals surface area contributed by atoms with Crippen LogP contribution in [0.4, 0.5) is 0 Å². The quantitative estimate of drug-likeness (QED) is 0.780. The third-order valence-corrected chi connectivity index (χ3v) is 4.15. The van der Waals surface area contributed by atoms with E-state index in [4.69, 9.17) is 5.73 Å². The fraction of sp³-hybridized carbons (Fsp3) is 0.312. The fourth-order valence-electron chi connectivity index (χ4n) is 3.01. The summed E-state index contributed by atoms with van der Waals surface area (Å²) in [5.41, 5.74) is 11.4. The van der Waals surface area contributed by atoms with E-state index < -0.39 is 0 Å². The molecule has 0 aliphatic heterocycles. The number of benzene rings is 1. The topological polar surface area (TPSA) is 69.1 Å². The van der Waals surface area contributed by atoms with Gasteiger partial charge in [0.2, 0.25) is 0 Å². The van der Waals surface area contributed by atoms with E-state index in [2.05, 4.69) is 33.5 Å². The van der Waals surface area contributed by atoms with Crippen LogP contribution in [0.1, 0.15) is 29.8 Å². The molecule has 3 aromatic rings. The highest BCUT2D eigenvalue weighted by atomic mass is 15.4. The summed E-state index contributed by atoms with van der Waals surface area (Å²) in [6.45, 7) is 0.335. The molecule has 106 valence electrons. The second-order valence-electron chi connectivity index (χ2n) is 5.50. The van der Waals surface area contributed by atoms with Crippen LogP contribution >= 0.6 is 0 Å². The van der Waals surface area contributed by atoms with E-state index in [1.165, 1.54) is 36.8 Å². The molecule has 5 heteroatoms. The van der Waals surface area contributed by atoms with Crippen LogP contribution in [0, 0.1) is 0 Å². The smallest absolute Gasteiger partial charge is 0.177 e. The lowest BCUT2D eigenvalue weighted by molar-refractivity contribution is 0.686. The molecule has 0 amide bonds. The van der Waals surface area contributed by atoms with Gasteiger partial charge in [-0.15, -0.1) is 10.2 Å². The summed E-state index contributed by atoms with van der Waals surface area (Å²) in [5, 5.41) is 12.7. The zero-order chi connectivity index (χ0) is 14.2. The van der Waals surface area contributed by atoms with E-state index in [-0.39, 0.29) is 0 Å². The van der Waals surface area contributed by atoms with Crippen LogP contribution in [0.3, 0.4) is 0 Å². The minimum atomic E-state index is 0.335. The minimum absolute atomic E-state index is 0.335. The van der Waals surface area contributed by atoms with Gasteiger partial charge in [0.15, 0.2) is 11.5 Å². The van der Waals surface area contributed by atoms with Crippen LogP contribution < -0.4 is 5.73 Å². The van der Waals surface area contributed by atoms with Gasteiger partial charge in [-0.25, -0.2) is 0 Å². The summed E-state index contributed by atoms with van der Waals surface area (Å²) in [5.74, 6) is 0.685. The van der Waals surface area contributed by atoms with Crippen molar-refractivity contribution in [3.05, 3.63) is 47.3 Å². The van der Waals surface area contributed by atoms with E-state index in [1.54, 1.807) is 4.52 Å². The Bertz CT molecular complexity index is 806. The van der Waals surface area contributed by atoms with Crippen LogP contribution in [-0.4, -0.2) is 19.8 Å². The Morgan fingerprint density at radius 2 is 1.86 bits per heavy atom. The molecule has 0 bridgehead atoms. The number of aryl methyl sites for hydroxylation is 2. The number of rotatable bonds is 2. The lowest BCUT2D eigenvalue weighted by atomic mass is 9.90. The molecule has 1 aliphatic rings. The number of aromatic nitrogens is 4. The van der Waals surface area contributed by atoms with Crippen LogP contribution in [0.5, 0.6) is 0 Å². The summed E-state index contributed by atoms with van der Waals surface area (Å²) in [4.78, 5) is 0. The standard InChI is InChI=1S/C16H17N5/c17-10-16-19-18-15-8-7-14(20-21(15)16)13-6-5-11-3-1-2-4-12(11)9-13/h5-9H,1-4,10,17H2. The molecule has 2 N–H and O–H groups in total. The van der Waals surface area contributed by atoms with Gasteiger partial charge in [0.25, 0.3) is 0 Å². The highest BCUT2D eigenvalue weighted by Crippen LogP contribution is 2.26. The molecule has 0 atom stereocenters. The maximum absolute atomic E-state index is 5.68. The highest BCUT2D eigenvalue weighted by molar-refractivity contribution is 5.62.